The standard InChI is InChI=1S/C10H15NO3S/c1-2-7(6-15)9(12)11-5-3-4-8(11)10(13)14/h2,7-8,15H,1,3-6H2,(H,13,14)/t7?,8-/m0/s1. The van der Waals surface area contributed by atoms with Crippen molar-refractivity contribution in [3.05, 3.63) is 12.7 Å². The van der Waals surface area contributed by atoms with Crippen LogP contribution in [0.4, 0.5) is 0 Å². The van der Waals surface area contributed by atoms with E-state index in [2.05, 4.69) is 19.2 Å². The Hall–Kier alpha value is -0.970. The van der Waals surface area contributed by atoms with E-state index in [4.69, 9.17) is 5.11 Å². The number of carboxylic acid groups (broad SMARTS) is 1. The summed E-state index contributed by atoms with van der Waals surface area (Å²) in [7, 11) is 0. The maximum absolute atomic E-state index is 11.9. The number of carbonyl (C=O) groups excluding carboxylic acids is 1. The van der Waals surface area contributed by atoms with E-state index in [-0.39, 0.29) is 11.8 Å². The number of rotatable bonds is 4. The number of thiol groups is 1. The van der Waals surface area contributed by atoms with E-state index in [0.29, 0.717) is 18.7 Å². The van der Waals surface area contributed by atoms with Gasteiger partial charge in [-0.2, -0.15) is 12.6 Å². The molecule has 1 rings (SSSR count). The molecule has 1 aliphatic rings. The van der Waals surface area contributed by atoms with Crippen molar-refractivity contribution in [2.75, 3.05) is 12.3 Å². The number of amides is 1. The van der Waals surface area contributed by atoms with E-state index >= 15 is 0 Å². The summed E-state index contributed by atoms with van der Waals surface area (Å²) in [5.74, 6) is -1.12. The molecule has 0 aromatic rings. The molecule has 1 amide bonds. The number of aliphatic carboxylic acids is 1. The summed E-state index contributed by atoms with van der Waals surface area (Å²) in [6, 6.07) is -0.667. The first-order valence-electron chi connectivity index (χ1n) is 4.88. The van der Waals surface area contributed by atoms with Crippen molar-refractivity contribution in [3.8, 4) is 0 Å². The monoisotopic (exact) mass is 229 g/mol. The summed E-state index contributed by atoms with van der Waals surface area (Å²) in [5, 5.41) is 8.92. The molecule has 1 heterocycles. The molecule has 0 aromatic carbocycles. The van der Waals surface area contributed by atoms with Gasteiger partial charge in [-0.3, -0.25) is 4.79 Å². The van der Waals surface area contributed by atoms with Gasteiger partial charge in [0.05, 0.1) is 5.92 Å². The largest absolute Gasteiger partial charge is 0.480 e. The first kappa shape index (κ1) is 12.1. The Morgan fingerprint density at radius 2 is 2.33 bits per heavy atom. The van der Waals surface area contributed by atoms with Crippen molar-refractivity contribution in [3.63, 3.8) is 0 Å². The van der Waals surface area contributed by atoms with Gasteiger partial charge in [0.15, 0.2) is 0 Å². The fraction of sp³-hybridized carbons (Fsp3) is 0.600. The van der Waals surface area contributed by atoms with E-state index in [1.54, 1.807) is 0 Å². The van der Waals surface area contributed by atoms with Crippen molar-refractivity contribution in [2.24, 2.45) is 5.92 Å². The molecule has 0 saturated carbocycles. The van der Waals surface area contributed by atoms with Gasteiger partial charge in [0.25, 0.3) is 0 Å². The minimum Gasteiger partial charge on any atom is -0.480 e. The van der Waals surface area contributed by atoms with Crippen molar-refractivity contribution in [1.29, 1.82) is 0 Å². The third-order valence-corrected chi connectivity index (χ3v) is 3.01. The van der Waals surface area contributed by atoms with E-state index in [1.165, 1.54) is 11.0 Å². The fourth-order valence-corrected chi connectivity index (χ4v) is 2.06. The molecule has 0 radical (unpaired) electrons. The number of likely N-dealkylation sites (tertiary alicyclic amines) is 1. The maximum atomic E-state index is 11.9. The highest BCUT2D eigenvalue weighted by Crippen LogP contribution is 2.20. The quantitative estimate of drug-likeness (QED) is 0.553. The summed E-state index contributed by atoms with van der Waals surface area (Å²) in [6.07, 6.45) is 2.81. The molecular weight excluding hydrogens is 214 g/mol. The van der Waals surface area contributed by atoms with Crippen LogP contribution in [0.3, 0.4) is 0 Å². The number of carboxylic acids is 1. The Bertz CT molecular complexity index is 280. The third kappa shape index (κ3) is 2.53. The first-order chi connectivity index (χ1) is 7.11. The lowest BCUT2D eigenvalue weighted by molar-refractivity contribution is -0.149. The second-order valence-corrected chi connectivity index (χ2v) is 3.92. The Kier molecular flexibility index (Phi) is 4.20. The molecule has 0 spiro atoms. The van der Waals surface area contributed by atoms with Crippen LogP contribution < -0.4 is 0 Å². The van der Waals surface area contributed by atoms with Crippen LogP contribution >= 0.6 is 12.6 Å². The smallest absolute Gasteiger partial charge is 0.326 e. The SMILES string of the molecule is C=CC(CS)C(=O)N1CCC[C@H]1C(=O)O. The van der Waals surface area contributed by atoms with Crippen LogP contribution in [-0.2, 0) is 9.59 Å². The maximum Gasteiger partial charge on any atom is 0.326 e. The second kappa shape index (κ2) is 5.21. The van der Waals surface area contributed by atoms with Crippen molar-refractivity contribution in [1.82, 2.24) is 4.90 Å². The Morgan fingerprint density at radius 3 is 2.80 bits per heavy atom. The molecule has 15 heavy (non-hydrogen) atoms. The highest BCUT2D eigenvalue weighted by molar-refractivity contribution is 7.80. The van der Waals surface area contributed by atoms with Gasteiger partial charge in [0.2, 0.25) is 5.91 Å². The van der Waals surface area contributed by atoms with Crippen LogP contribution in [0.15, 0.2) is 12.7 Å². The van der Waals surface area contributed by atoms with Crippen molar-refractivity contribution >= 4 is 24.5 Å². The molecule has 0 aromatic heterocycles. The van der Waals surface area contributed by atoms with Gasteiger partial charge in [-0.25, -0.2) is 4.79 Å². The van der Waals surface area contributed by atoms with E-state index in [1.807, 2.05) is 0 Å². The average molecular weight is 229 g/mol. The Balaban J connectivity index is 2.73. The minimum absolute atomic E-state index is 0.176. The molecule has 1 aliphatic heterocycles. The highest BCUT2D eigenvalue weighted by atomic mass is 32.1. The number of carbonyl (C=O) groups is 2. The zero-order valence-electron chi connectivity index (χ0n) is 8.43. The summed E-state index contributed by atoms with van der Waals surface area (Å²) in [5.41, 5.74) is 0. The number of nitrogens with zero attached hydrogens (tertiary/aromatic N) is 1. The van der Waals surface area contributed by atoms with Crippen LogP contribution in [0.25, 0.3) is 0 Å². The van der Waals surface area contributed by atoms with Gasteiger partial charge in [0, 0.05) is 12.3 Å². The molecule has 4 nitrogen and oxygen atoms in total. The lowest BCUT2D eigenvalue weighted by Gasteiger charge is -2.24. The lowest BCUT2D eigenvalue weighted by Crippen LogP contribution is -2.43. The van der Waals surface area contributed by atoms with Gasteiger partial charge in [-0.1, -0.05) is 6.08 Å². The van der Waals surface area contributed by atoms with Gasteiger partial charge < -0.3 is 10.0 Å². The predicted molar refractivity (Wildman–Crippen MR) is 59.9 cm³/mol. The summed E-state index contributed by atoms with van der Waals surface area (Å²) >= 11 is 4.04. The summed E-state index contributed by atoms with van der Waals surface area (Å²) < 4.78 is 0. The van der Waals surface area contributed by atoms with Crippen molar-refractivity contribution < 1.29 is 14.7 Å². The summed E-state index contributed by atoms with van der Waals surface area (Å²) in [6.45, 7) is 4.07. The van der Waals surface area contributed by atoms with Gasteiger partial charge >= 0.3 is 5.97 Å². The molecule has 1 fully saturated rings. The molecule has 1 unspecified atom stereocenters. The van der Waals surface area contributed by atoms with Crippen LogP contribution in [0, 0.1) is 5.92 Å². The normalized spacial score (nSPS) is 22.5. The van der Waals surface area contributed by atoms with Gasteiger partial charge in [-0.15, -0.1) is 6.58 Å². The minimum atomic E-state index is -0.928. The third-order valence-electron chi connectivity index (χ3n) is 2.62. The van der Waals surface area contributed by atoms with Gasteiger partial charge in [-0.05, 0) is 12.8 Å². The fourth-order valence-electron chi connectivity index (χ4n) is 1.75. The zero-order valence-corrected chi connectivity index (χ0v) is 9.32. The molecular formula is C10H15NO3S. The van der Waals surface area contributed by atoms with Gasteiger partial charge in [0.1, 0.15) is 6.04 Å². The van der Waals surface area contributed by atoms with Crippen LogP contribution in [0.5, 0.6) is 0 Å². The number of hydrogen-bond acceptors (Lipinski definition) is 3. The molecule has 0 aliphatic carbocycles. The van der Waals surface area contributed by atoms with Crippen LogP contribution in [0.1, 0.15) is 12.8 Å². The second-order valence-electron chi connectivity index (χ2n) is 3.55. The molecule has 1 N–H and O–H groups in total. The van der Waals surface area contributed by atoms with Crippen LogP contribution in [0.2, 0.25) is 0 Å². The van der Waals surface area contributed by atoms with E-state index in [9.17, 15) is 9.59 Å². The van der Waals surface area contributed by atoms with E-state index in [0.717, 1.165) is 6.42 Å². The topological polar surface area (TPSA) is 57.6 Å². The highest BCUT2D eigenvalue weighted by Gasteiger charge is 2.35. The Morgan fingerprint density at radius 1 is 1.67 bits per heavy atom. The molecule has 2 atom stereocenters. The number of hydrogen-bond donors (Lipinski definition) is 2. The first-order valence-corrected chi connectivity index (χ1v) is 5.51. The molecule has 84 valence electrons. The molecule has 5 heteroatoms. The van der Waals surface area contributed by atoms with Crippen molar-refractivity contribution in [2.45, 2.75) is 18.9 Å². The summed E-state index contributed by atoms with van der Waals surface area (Å²) in [4.78, 5) is 24.2. The average Bonchev–Trinajstić information content (AvgIpc) is 2.67. The van der Waals surface area contributed by atoms with Crippen LogP contribution in [-0.4, -0.2) is 40.2 Å². The lowest BCUT2D eigenvalue weighted by atomic mass is 10.1. The zero-order chi connectivity index (χ0) is 11.4. The predicted octanol–water partition coefficient (Wildman–Crippen LogP) is 0.794. The molecule has 0 bridgehead atoms. The molecule has 1 saturated heterocycles. The Labute approximate surface area is 94.4 Å². The van der Waals surface area contributed by atoms with E-state index < -0.39 is 12.0 Å².